The van der Waals surface area contributed by atoms with E-state index in [-0.39, 0.29) is 5.75 Å². The summed E-state index contributed by atoms with van der Waals surface area (Å²) in [6.45, 7) is 4.97. The van der Waals surface area contributed by atoms with Crippen LogP contribution in [-0.4, -0.2) is 28.7 Å². The maximum Gasteiger partial charge on any atom is 0.160 e. The molecule has 2 aromatic rings. The van der Waals surface area contributed by atoms with Gasteiger partial charge in [0.2, 0.25) is 0 Å². The van der Waals surface area contributed by atoms with Gasteiger partial charge in [0.25, 0.3) is 0 Å². The third-order valence-corrected chi connectivity index (χ3v) is 5.87. The first-order valence-corrected chi connectivity index (χ1v) is 8.73. The van der Waals surface area contributed by atoms with E-state index in [1.807, 2.05) is 16.7 Å². The van der Waals surface area contributed by atoms with Crippen LogP contribution in [0.15, 0.2) is 18.3 Å². The maximum atomic E-state index is 12.2. The van der Waals surface area contributed by atoms with Gasteiger partial charge in [-0.1, -0.05) is 13.8 Å². The predicted molar refractivity (Wildman–Crippen MR) is 78.1 cm³/mol. The van der Waals surface area contributed by atoms with Gasteiger partial charge >= 0.3 is 0 Å². The summed E-state index contributed by atoms with van der Waals surface area (Å²) in [5.41, 5.74) is 1.57. The largest absolute Gasteiger partial charge is 0.311 e. The molecule has 5 nitrogen and oxygen atoms in total. The lowest BCUT2D eigenvalue weighted by Crippen LogP contribution is -2.16. The summed E-state index contributed by atoms with van der Waals surface area (Å²) in [7, 11) is -3.06. The number of rotatable bonds is 3. The van der Waals surface area contributed by atoms with Gasteiger partial charge in [0.05, 0.1) is 5.75 Å². The second kappa shape index (κ2) is 4.84. The molecule has 2 aromatic heterocycles. The second-order valence-corrected chi connectivity index (χ2v) is 8.12. The van der Waals surface area contributed by atoms with Crippen molar-refractivity contribution in [2.75, 3.05) is 5.75 Å². The highest BCUT2D eigenvalue weighted by Gasteiger charge is 2.36. The fourth-order valence-electron chi connectivity index (χ4n) is 2.85. The van der Waals surface area contributed by atoms with Crippen molar-refractivity contribution in [1.82, 2.24) is 14.5 Å². The molecule has 1 aliphatic rings. The second-order valence-electron chi connectivity index (χ2n) is 5.82. The quantitative estimate of drug-likeness (QED) is 0.871. The Hall–Kier alpha value is -1.43. The molecule has 0 aliphatic carbocycles. The highest BCUT2D eigenvalue weighted by atomic mass is 32.2. The van der Waals surface area contributed by atoms with Crippen LogP contribution in [0.2, 0.25) is 0 Å². The van der Waals surface area contributed by atoms with Gasteiger partial charge in [-0.3, -0.25) is 0 Å². The van der Waals surface area contributed by atoms with Crippen LogP contribution >= 0.6 is 0 Å². The molecule has 1 saturated heterocycles. The zero-order chi connectivity index (χ0) is 14.3. The number of fused-ring (bicyclic) bond motifs is 1. The number of pyridine rings is 1. The summed E-state index contributed by atoms with van der Waals surface area (Å²) in [6, 6.07) is 3.73. The molecule has 1 aliphatic heterocycles. The van der Waals surface area contributed by atoms with E-state index in [2.05, 4.69) is 23.8 Å². The van der Waals surface area contributed by atoms with E-state index in [0.717, 1.165) is 24.1 Å². The zero-order valence-electron chi connectivity index (χ0n) is 11.8. The highest BCUT2D eigenvalue weighted by Crippen LogP contribution is 2.35. The van der Waals surface area contributed by atoms with Crippen LogP contribution in [0, 0.1) is 5.92 Å². The maximum absolute atomic E-state index is 12.2. The van der Waals surface area contributed by atoms with E-state index in [9.17, 15) is 8.42 Å². The Balaban J connectivity index is 2.19. The first kappa shape index (κ1) is 13.5. The molecule has 20 heavy (non-hydrogen) atoms. The number of sulfone groups is 1. The first-order chi connectivity index (χ1) is 9.49. The molecule has 1 unspecified atom stereocenters. The lowest BCUT2D eigenvalue weighted by atomic mass is 10.2. The van der Waals surface area contributed by atoms with Crippen LogP contribution in [-0.2, 0) is 16.4 Å². The average molecular weight is 293 g/mol. The van der Waals surface area contributed by atoms with Crippen molar-refractivity contribution in [3.05, 3.63) is 24.2 Å². The topological polar surface area (TPSA) is 64.8 Å². The summed E-state index contributed by atoms with van der Waals surface area (Å²) >= 11 is 0. The molecule has 0 amide bonds. The van der Waals surface area contributed by atoms with Crippen molar-refractivity contribution in [3.63, 3.8) is 0 Å². The minimum Gasteiger partial charge on any atom is -0.311 e. The predicted octanol–water partition coefficient (Wildman–Crippen LogP) is 2.34. The van der Waals surface area contributed by atoms with Gasteiger partial charge in [0, 0.05) is 12.7 Å². The molecule has 3 heterocycles. The molecule has 0 spiro atoms. The van der Waals surface area contributed by atoms with Gasteiger partial charge in [-0.15, -0.1) is 0 Å². The van der Waals surface area contributed by atoms with Crippen molar-refractivity contribution >= 4 is 21.0 Å². The number of imidazole rings is 1. The van der Waals surface area contributed by atoms with E-state index in [1.54, 1.807) is 6.20 Å². The molecule has 1 fully saturated rings. The number of hydrogen-bond acceptors (Lipinski definition) is 4. The van der Waals surface area contributed by atoms with E-state index < -0.39 is 15.1 Å². The average Bonchev–Trinajstić information content (AvgIpc) is 2.89. The number of aromatic nitrogens is 3. The lowest BCUT2D eigenvalue weighted by Gasteiger charge is -2.14. The SMILES string of the molecule is CC(C)Cn1c(C2CCCS2(=O)=O)nc2cccnc21. The summed E-state index contributed by atoms with van der Waals surface area (Å²) in [5, 5.41) is -0.463. The lowest BCUT2D eigenvalue weighted by molar-refractivity contribution is 0.506. The molecule has 0 bridgehead atoms. The van der Waals surface area contributed by atoms with Crippen LogP contribution in [0.5, 0.6) is 0 Å². The van der Waals surface area contributed by atoms with Gasteiger partial charge in [-0.05, 0) is 30.9 Å². The van der Waals surface area contributed by atoms with Crippen molar-refractivity contribution in [1.29, 1.82) is 0 Å². The van der Waals surface area contributed by atoms with E-state index in [4.69, 9.17) is 0 Å². The Kier molecular flexibility index (Phi) is 3.28. The van der Waals surface area contributed by atoms with Crippen molar-refractivity contribution in [2.24, 2.45) is 5.92 Å². The fraction of sp³-hybridized carbons (Fsp3) is 0.571. The molecule has 1 atom stereocenters. The smallest absolute Gasteiger partial charge is 0.160 e. The van der Waals surface area contributed by atoms with Gasteiger partial charge in [0.1, 0.15) is 16.6 Å². The molecular formula is C14H19N3O2S. The first-order valence-electron chi connectivity index (χ1n) is 7.02. The van der Waals surface area contributed by atoms with Crippen molar-refractivity contribution < 1.29 is 8.42 Å². The van der Waals surface area contributed by atoms with E-state index in [1.165, 1.54) is 0 Å². The van der Waals surface area contributed by atoms with Crippen LogP contribution in [0.4, 0.5) is 0 Å². The third kappa shape index (κ3) is 2.22. The van der Waals surface area contributed by atoms with Crippen LogP contribution in [0.25, 0.3) is 11.2 Å². The number of nitrogens with zero attached hydrogens (tertiary/aromatic N) is 3. The monoisotopic (exact) mass is 293 g/mol. The Morgan fingerprint density at radius 2 is 2.25 bits per heavy atom. The highest BCUT2D eigenvalue weighted by molar-refractivity contribution is 7.91. The standard InChI is InChI=1S/C14H19N3O2S/c1-10(2)9-17-13-11(5-3-7-15-13)16-14(17)12-6-4-8-20(12,18)19/h3,5,7,10,12H,4,6,8-9H2,1-2H3. The van der Waals surface area contributed by atoms with Crippen molar-refractivity contribution in [3.8, 4) is 0 Å². The summed E-state index contributed by atoms with van der Waals surface area (Å²) < 4.78 is 26.4. The Morgan fingerprint density at radius 3 is 2.90 bits per heavy atom. The van der Waals surface area contributed by atoms with E-state index in [0.29, 0.717) is 18.2 Å². The normalized spacial score (nSPS) is 21.9. The van der Waals surface area contributed by atoms with Gasteiger partial charge < -0.3 is 4.57 Å². The van der Waals surface area contributed by atoms with Crippen molar-refractivity contribution in [2.45, 2.75) is 38.5 Å². The molecule has 3 rings (SSSR count). The fourth-order valence-corrected chi connectivity index (χ4v) is 4.73. The molecule has 0 saturated carbocycles. The Labute approximate surface area is 119 Å². The van der Waals surface area contributed by atoms with Gasteiger partial charge in [0.15, 0.2) is 15.5 Å². The Morgan fingerprint density at radius 1 is 1.45 bits per heavy atom. The third-order valence-electron chi connectivity index (χ3n) is 3.70. The Bertz CT molecular complexity index is 734. The molecule has 6 heteroatoms. The van der Waals surface area contributed by atoms with Crippen LogP contribution < -0.4 is 0 Å². The van der Waals surface area contributed by atoms with Gasteiger partial charge in [-0.2, -0.15) is 0 Å². The molecular weight excluding hydrogens is 274 g/mol. The summed E-state index contributed by atoms with van der Waals surface area (Å²) in [5.74, 6) is 1.36. The van der Waals surface area contributed by atoms with Crippen LogP contribution in [0.3, 0.4) is 0 Å². The molecule has 0 radical (unpaired) electrons. The summed E-state index contributed by atoms with van der Waals surface area (Å²) in [4.78, 5) is 8.94. The molecule has 108 valence electrons. The minimum absolute atomic E-state index is 0.274. The summed E-state index contributed by atoms with van der Waals surface area (Å²) in [6.07, 6.45) is 3.13. The van der Waals surface area contributed by atoms with E-state index >= 15 is 0 Å². The molecule has 0 aromatic carbocycles. The van der Waals surface area contributed by atoms with Crippen LogP contribution in [0.1, 0.15) is 37.8 Å². The minimum atomic E-state index is -3.06. The van der Waals surface area contributed by atoms with Gasteiger partial charge in [-0.25, -0.2) is 18.4 Å². The molecule has 0 N–H and O–H groups in total. The zero-order valence-corrected chi connectivity index (χ0v) is 12.6. The number of hydrogen-bond donors (Lipinski definition) is 0.